The lowest BCUT2D eigenvalue weighted by atomic mass is 10.6. The minimum absolute atomic E-state index is 0.310. The Morgan fingerprint density at radius 3 is 2.64 bits per heavy atom. The molecule has 11 heavy (non-hydrogen) atoms. The molecule has 0 aromatic heterocycles. The summed E-state index contributed by atoms with van der Waals surface area (Å²) in [5, 5.41) is 0. The lowest BCUT2D eigenvalue weighted by Crippen LogP contribution is -2.44. The van der Waals surface area contributed by atoms with Gasteiger partial charge in [-0.2, -0.15) is 0 Å². The molecular weight excluding hydrogens is 164 g/mol. The molecule has 0 aliphatic carbocycles. The minimum atomic E-state index is -3.41. The molecule has 0 aliphatic rings. The molecule has 0 bridgehead atoms. The van der Waals surface area contributed by atoms with Gasteiger partial charge >= 0.3 is 8.80 Å². The predicted molar refractivity (Wildman–Crippen MR) is 43.4 cm³/mol. The van der Waals surface area contributed by atoms with Crippen molar-refractivity contribution in [2.24, 2.45) is 5.73 Å². The molecule has 0 fully saturated rings. The largest absolute Gasteiger partial charge is 0.512 e. The average Bonchev–Trinajstić information content (AvgIpc) is 1.87. The highest BCUT2D eigenvalue weighted by Gasteiger charge is 2.31. The monoisotopic (exact) mass is 180 g/mol. The van der Waals surface area contributed by atoms with Gasteiger partial charge in [0.25, 0.3) is 0 Å². The van der Waals surface area contributed by atoms with E-state index in [0.29, 0.717) is 25.6 Å². The molecule has 6 heteroatoms. The van der Waals surface area contributed by atoms with Crippen molar-refractivity contribution in [1.82, 2.24) is 5.48 Å². The Bertz CT molecular complexity index is 102. The van der Waals surface area contributed by atoms with Gasteiger partial charge in [0.05, 0.1) is 0 Å². The SMILES string of the molecule is CCC[Si](O)(O)ONCCN. The van der Waals surface area contributed by atoms with Crippen molar-refractivity contribution < 1.29 is 14.1 Å². The maximum Gasteiger partial charge on any atom is 0.512 e. The van der Waals surface area contributed by atoms with Crippen molar-refractivity contribution in [3.63, 3.8) is 0 Å². The van der Waals surface area contributed by atoms with Gasteiger partial charge in [0.15, 0.2) is 0 Å². The number of nitrogens with two attached hydrogens (primary N) is 1. The summed E-state index contributed by atoms with van der Waals surface area (Å²) >= 11 is 0. The Morgan fingerprint density at radius 2 is 2.18 bits per heavy atom. The summed E-state index contributed by atoms with van der Waals surface area (Å²) in [4.78, 5) is 18.2. The fourth-order valence-electron chi connectivity index (χ4n) is 0.602. The van der Waals surface area contributed by atoms with Gasteiger partial charge in [0, 0.05) is 19.1 Å². The number of nitrogens with one attached hydrogen (secondary N) is 1. The second kappa shape index (κ2) is 5.64. The number of hydrogen-bond donors (Lipinski definition) is 4. The highest BCUT2D eigenvalue weighted by molar-refractivity contribution is 6.57. The Hall–Kier alpha value is 0.0169. The minimum Gasteiger partial charge on any atom is -0.389 e. The average molecular weight is 180 g/mol. The Balaban J connectivity index is 3.38. The molecule has 0 spiro atoms. The third-order valence-corrected chi connectivity index (χ3v) is 2.68. The summed E-state index contributed by atoms with van der Waals surface area (Å²) in [6.07, 6.45) is 0.698. The summed E-state index contributed by atoms with van der Waals surface area (Å²) in [5.74, 6) is 0. The summed E-state index contributed by atoms with van der Waals surface area (Å²) in [7, 11) is -3.41. The molecule has 0 amide bonds. The standard InChI is InChI=1S/C5H16N2O3Si/c1-2-5-11(8,9)10-7-4-3-6/h7-9H,2-6H2,1H3. The zero-order chi connectivity index (χ0) is 8.74. The van der Waals surface area contributed by atoms with Crippen LogP contribution in [0.1, 0.15) is 13.3 Å². The van der Waals surface area contributed by atoms with Crippen molar-refractivity contribution in [2.75, 3.05) is 13.1 Å². The molecule has 0 saturated carbocycles. The van der Waals surface area contributed by atoms with E-state index in [1.165, 1.54) is 0 Å². The molecule has 0 heterocycles. The molecule has 5 N–H and O–H groups in total. The van der Waals surface area contributed by atoms with Crippen LogP contribution in [0.15, 0.2) is 0 Å². The molecule has 0 rings (SSSR count). The Kier molecular flexibility index (Phi) is 5.65. The molecule has 0 aromatic rings. The molecule has 0 aliphatic heterocycles. The van der Waals surface area contributed by atoms with Crippen LogP contribution in [0.3, 0.4) is 0 Å². The summed E-state index contributed by atoms with van der Waals surface area (Å²) in [6, 6.07) is 0.310. The lowest BCUT2D eigenvalue weighted by Gasteiger charge is -2.16. The van der Waals surface area contributed by atoms with E-state index >= 15 is 0 Å². The van der Waals surface area contributed by atoms with E-state index in [4.69, 9.17) is 15.3 Å². The van der Waals surface area contributed by atoms with E-state index in [9.17, 15) is 0 Å². The van der Waals surface area contributed by atoms with Crippen molar-refractivity contribution >= 4 is 8.80 Å². The number of hydroxylamine groups is 1. The smallest absolute Gasteiger partial charge is 0.389 e. The first-order chi connectivity index (χ1) is 5.12. The Labute approximate surface area is 67.5 Å². The molecule has 68 valence electrons. The van der Waals surface area contributed by atoms with Crippen LogP contribution >= 0.6 is 0 Å². The molecular formula is C5H16N2O3Si. The van der Waals surface area contributed by atoms with Crippen molar-refractivity contribution in [1.29, 1.82) is 0 Å². The maximum absolute atomic E-state index is 9.11. The van der Waals surface area contributed by atoms with Crippen molar-refractivity contribution in [3.8, 4) is 0 Å². The molecule has 0 radical (unpaired) electrons. The second-order valence-corrected chi connectivity index (χ2v) is 4.47. The summed E-state index contributed by atoms with van der Waals surface area (Å²) < 4.78 is 4.63. The van der Waals surface area contributed by atoms with Gasteiger partial charge in [-0.15, -0.1) is 0 Å². The molecule has 0 aromatic carbocycles. The summed E-state index contributed by atoms with van der Waals surface area (Å²) in [6.45, 7) is 2.71. The van der Waals surface area contributed by atoms with Gasteiger partial charge in [0.2, 0.25) is 0 Å². The zero-order valence-corrected chi connectivity index (χ0v) is 7.71. The topological polar surface area (TPSA) is 87.7 Å². The molecule has 5 nitrogen and oxygen atoms in total. The first-order valence-electron chi connectivity index (χ1n) is 3.68. The second-order valence-electron chi connectivity index (χ2n) is 2.28. The van der Waals surface area contributed by atoms with Gasteiger partial charge in [-0.05, 0) is 0 Å². The maximum atomic E-state index is 9.11. The van der Waals surface area contributed by atoms with Crippen LogP contribution < -0.4 is 11.2 Å². The van der Waals surface area contributed by atoms with Gasteiger partial charge in [0.1, 0.15) is 0 Å². The van der Waals surface area contributed by atoms with Crippen LogP contribution in [0.5, 0.6) is 0 Å². The predicted octanol–water partition coefficient (Wildman–Crippen LogP) is -1.20. The van der Waals surface area contributed by atoms with E-state index in [-0.39, 0.29) is 0 Å². The third kappa shape index (κ3) is 6.42. The Morgan fingerprint density at radius 1 is 1.55 bits per heavy atom. The van der Waals surface area contributed by atoms with E-state index < -0.39 is 8.80 Å². The van der Waals surface area contributed by atoms with E-state index in [1.807, 2.05) is 6.92 Å². The van der Waals surface area contributed by atoms with Crippen LogP contribution in [-0.4, -0.2) is 31.5 Å². The highest BCUT2D eigenvalue weighted by Crippen LogP contribution is 2.03. The molecule has 0 unspecified atom stereocenters. The fraction of sp³-hybridized carbons (Fsp3) is 1.00. The summed E-state index contributed by atoms with van der Waals surface area (Å²) in [5.41, 5.74) is 7.54. The van der Waals surface area contributed by atoms with Crippen molar-refractivity contribution in [3.05, 3.63) is 0 Å². The van der Waals surface area contributed by atoms with Gasteiger partial charge < -0.3 is 15.3 Å². The highest BCUT2D eigenvalue weighted by atomic mass is 28.4. The first kappa shape index (κ1) is 11.0. The van der Waals surface area contributed by atoms with Gasteiger partial charge in [-0.3, -0.25) is 4.53 Å². The number of hydrogen-bond acceptors (Lipinski definition) is 5. The normalized spacial score (nSPS) is 12.0. The zero-order valence-electron chi connectivity index (χ0n) is 6.71. The van der Waals surface area contributed by atoms with Crippen LogP contribution in [0.2, 0.25) is 6.04 Å². The number of rotatable bonds is 6. The van der Waals surface area contributed by atoms with Crippen LogP contribution in [0.25, 0.3) is 0 Å². The quantitative estimate of drug-likeness (QED) is 0.234. The van der Waals surface area contributed by atoms with Crippen molar-refractivity contribution in [2.45, 2.75) is 19.4 Å². The van der Waals surface area contributed by atoms with E-state index in [1.54, 1.807) is 0 Å². The van der Waals surface area contributed by atoms with E-state index in [0.717, 1.165) is 0 Å². The van der Waals surface area contributed by atoms with Crippen LogP contribution in [0, 0.1) is 0 Å². The van der Waals surface area contributed by atoms with Crippen LogP contribution in [-0.2, 0) is 4.53 Å². The van der Waals surface area contributed by atoms with Gasteiger partial charge in [-0.25, -0.2) is 5.48 Å². The lowest BCUT2D eigenvalue weighted by molar-refractivity contribution is 0.0807. The van der Waals surface area contributed by atoms with Gasteiger partial charge in [-0.1, -0.05) is 13.3 Å². The van der Waals surface area contributed by atoms with Crippen LogP contribution in [0.4, 0.5) is 0 Å². The first-order valence-corrected chi connectivity index (χ1v) is 5.69. The molecule has 0 atom stereocenters. The molecule has 0 saturated heterocycles. The van der Waals surface area contributed by atoms with E-state index in [2.05, 4.69) is 10.0 Å². The fourth-order valence-corrected chi connectivity index (χ4v) is 1.69. The third-order valence-electron chi connectivity index (χ3n) is 1.06.